The summed E-state index contributed by atoms with van der Waals surface area (Å²) in [6.45, 7) is 10.1. The molecule has 8 nitrogen and oxygen atoms in total. The molecule has 0 bridgehead atoms. The molecule has 1 aliphatic rings. The zero-order valence-electron chi connectivity index (χ0n) is 19.7. The van der Waals surface area contributed by atoms with Crippen molar-refractivity contribution >= 4 is 11.7 Å². The molecule has 3 aromatic rings. The number of hydrogen-bond acceptors (Lipinski definition) is 7. The second-order valence-corrected chi connectivity index (χ2v) is 8.70. The van der Waals surface area contributed by atoms with Gasteiger partial charge < -0.3 is 14.4 Å². The third kappa shape index (κ3) is 4.32. The summed E-state index contributed by atoms with van der Waals surface area (Å²) in [5.41, 5.74) is 7.81. The largest absolute Gasteiger partial charge is 0.496 e. The van der Waals surface area contributed by atoms with Crippen LogP contribution in [0.15, 0.2) is 44.8 Å². The maximum atomic E-state index is 10.1. The molecule has 0 fully saturated rings. The third-order valence-corrected chi connectivity index (χ3v) is 5.76. The van der Waals surface area contributed by atoms with Gasteiger partial charge in [-0.05, 0) is 58.4 Å². The average molecular weight is 446 g/mol. The normalized spacial score (nSPS) is 13.0. The first kappa shape index (κ1) is 22.5. The van der Waals surface area contributed by atoms with Gasteiger partial charge in [-0.3, -0.25) is 4.68 Å². The lowest BCUT2D eigenvalue weighted by molar-refractivity contribution is 0.0649. The van der Waals surface area contributed by atoms with Crippen molar-refractivity contribution in [1.82, 2.24) is 14.9 Å². The Balaban J connectivity index is 1.89. The van der Waals surface area contributed by atoms with E-state index in [2.05, 4.69) is 31.8 Å². The molecule has 0 saturated carbocycles. The number of aliphatic imine (C=N–C) groups is 2. The molecular weight excluding hydrogens is 418 g/mol. The lowest BCUT2D eigenvalue weighted by atomic mass is 9.94. The zero-order chi connectivity index (χ0) is 23.8. The number of aliphatic hydroxyl groups is 1. The van der Waals surface area contributed by atoms with Gasteiger partial charge in [-0.1, -0.05) is 11.2 Å². The van der Waals surface area contributed by atoms with E-state index >= 15 is 0 Å². The molecular formula is C25H27N5O3. The van der Waals surface area contributed by atoms with Gasteiger partial charge in [-0.25, -0.2) is 4.99 Å². The highest BCUT2D eigenvalue weighted by Crippen LogP contribution is 2.39. The van der Waals surface area contributed by atoms with E-state index in [9.17, 15) is 5.11 Å². The minimum atomic E-state index is -0.783. The van der Waals surface area contributed by atoms with Gasteiger partial charge in [0.05, 0.1) is 36.2 Å². The van der Waals surface area contributed by atoms with Gasteiger partial charge in [0.25, 0.3) is 0 Å². The minimum absolute atomic E-state index is 0.435. The Bertz CT molecular complexity index is 1340. The standard InChI is InChI=1S/C25H27N5O3/c1-15-8-9-19(32-6)16(2)20(15)22-21(24-26-11-7-12-27-24)23(33-29-22)18-14-28-30(17(18)3)13-10-25(4,5)31/h8-9,11,14,31H,10,13H2,1-6H3. The molecule has 1 N–H and O–H groups in total. The first-order valence-corrected chi connectivity index (χ1v) is 10.7. The maximum Gasteiger partial charge on any atom is 0.182 e. The maximum absolute atomic E-state index is 10.1. The Kier molecular flexibility index (Phi) is 5.91. The zero-order valence-corrected chi connectivity index (χ0v) is 19.7. The monoisotopic (exact) mass is 445 g/mol. The fourth-order valence-electron chi connectivity index (χ4n) is 3.90. The average Bonchev–Trinajstić information content (AvgIpc) is 3.36. The number of nitrogens with zero attached hydrogens (tertiary/aromatic N) is 5. The van der Waals surface area contributed by atoms with E-state index in [0.29, 0.717) is 35.8 Å². The Morgan fingerprint density at radius 1 is 1.18 bits per heavy atom. The van der Waals surface area contributed by atoms with Crippen LogP contribution in [0.3, 0.4) is 0 Å². The summed E-state index contributed by atoms with van der Waals surface area (Å²) in [5, 5.41) is 19.1. The number of rotatable bonds is 7. The second-order valence-electron chi connectivity index (χ2n) is 8.70. The third-order valence-electron chi connectivity index (χ3n) is 5.76. The number of hydrogen-bond donors (Lipinski definition) is 1. The Morgan fingerprint density at radius 2 is 1.97 bits per heavy atom. The predicted molar refractivity (Wildman–Crippen MR) is 127 cm³/mol. The van der Waals surface area contributed by atoms with Crippen molar-refractivity contribution in [3.8, 4) is 28.3 Å². The van der Waals surface area contributed by atoms with Crippen LogP contribution in [0.4, 0.5) is 0 Å². The first-order chi connectivity index (χ1) is 15.7. The van der Waals surface area contributed by atoms with Crippen molar-refractivity contribution in [2.45, 2.75) is 53.2 Å². The lowest BCUT2D eigenvalue weighted by Crippen LogP contribution is -2.21. The molecule has 0 amide bonds. The van der Waals surface area contributed by atoms with E-state index in [-0.39, 0.29) is 0 Å². The highest BCUT2D eigenvalue weighted by molar-refractivity contribution is 6.11. The number of aromatic nitrogens is 3. The van der Waals surface area contributed by atoms with Crippen molar-refractivity contribution in [1.29, 1.82) is 0 Å². The summed E-state index contributed by atoms with van der Waals surface area (Å²) in [6, 6.07) is 3.93. The molecule has 3 heterocycles. The number of aryl methyl sites for hydroxylation is 2. The van der Waals surface area contributed by atoms with Crippen molar-refractivity contribution in [2.75, 3.05) is 7.11 Å². The van der Waals surface area contributed by atoms with Crippen LogP contribution in [-0.2, 0) is 6.54 Å². The highest BCUT2D eigenvalue weighted by Gasteiger charge is 2.28. The molecule has 0 atom stereocenters. The molecule has 0 radical (unpaired) electrons. The Hall–Kier alpha value is -3.70. The van der Waals surface area contributed by atoms with Crippen molar-refractivity contribution in [3.05, 3.63) is 52.6 Å². The van der Waals surface area contributed by atoms with Gasteiger partial charge >= 0.3 is 0 Å². The lowest BCUT2D eigenvalue weighted by Gasteiger charge is -2.17. The fourth-order valence-corrected chi connectivity index (χ4v) is 3.90. The predicted octanol–water partition coefficient (Wildman–Crippen LogP) is 4.40. The minimum Gasteiger partial charge on any atom is -0.496 e. The Morgan fingerprint density at radius 3 is 2.64 bits per heavy atom. The van der Waals surface area contributed by atoms with E-state index in [1.807, 2.05) is 37.6 Å². The molecule has 0 saturated heterocycles. The van der Waals surface area contributed by atoms with E-state index in [4.69, 9.17) is 9.26 Å². The van der Waals surface area contributed by atoms with Crippen LogP contribution in [0.5, 0.6) is 5.75 Å². The molecule has 0 aliphatic carbocycles. The smallest absolute Gasteiger partial charge is 0.182 e. The van der Waals surface area contributed by atoms with E-state index in [1.165, 1.54) is 6.20 Å². The van der Waals surface area contributed by atoms with E-state index in [1.54, 1.807) is 27.2 Å². The van der Waals surface area contributed by atoms with E-state index in [0.717, 1.165) is 33.7 Å². The summed E-state index contributed by atoms with van der Waals surface area (Å²) in [5.74, 6) is 4.46. The molecule has 0 spiro atoms. The summed E-state index contributed by atoms with van der Waals surface area (Å²) >= 11 is 0. The highest BCUT2D eigenvalue weighted by atomic mass is 16.5. The van der Waals surface area contributed by atoms with Gasteiger partial charge in [0, 0.05) is 29.2 Å². The van der Waals surface area contributed by atoms with E-state index < -0.39 is 5.60 Å². The quantitative estimate of drug-likeness (QED) is 0.544. The van der Waals surface area contributed by atoms with Gasteiger partial charge in [-0.15, -0.1) is 0 Å². The number of ether oxygens (including phenoxy) is 1. The summed E-state index contributed by atoms with van der Waals surface area (Å²) in [6.07, 6.45) is 3.84. The topological polar surface area (TPSA) is 98.0 Å². The first-order valence-electron chi connectivity index (χ1n) is 10.7. The number of benzene rings is 1. The number of amidine groups is 1. The molecule has 33 heavy (non-hydrogen) atoms. The van der Waals surface area contributed by atoms with Crippen LogP contribution in [0.1, 0.15) is 42.7 Å². The van der Waals surface area contributed by atoms with Crippen LogP contribution in [0.25, 0.3) is 22.6 Å². The number of methoxy groups -OCH3 is 1. The molecule has 170 valence electrons. The van der Waals surface area contributed by atoms with Crippen LogP contribution in [-0.4, -0.2) is 44.5 Å². The molecule has 2 aromatic heterocycles. The summed E-state index contributed by atoms with van der Waals surface area (Å²) in [4.78, 5) is 8.73. The van der Waals surface area contributed by atoms with Crippen LogP contribution < -0.4 is 4.74 Å². The fraction of sp³-hybridized carbons (Fsp3) is 0.360. The molecule has 1 aliphatic heterocycles. The van der Waals surface area contributed by atoms with Crippen molar-refractivity contribution in [2.24, 2.45) is 9.98 Å². The van der Waals surface area contributed by atoms with Crippen molar-refractivity contribution in [3.63, 3.8) is 0 Å². The summed E-state index contributed by atoms with van der Waals surface area (Å²) in [7, 11) is 1.65. The summed E-state index contributed by atoms with van der Waals surface area (Å²) < 4.78 is 13.3. The Labute approximate surface area is 192 Å². The molecule has 0 unspecified atom stereocenters. The van der Waals surface area contributed by atoms with Crippen molar-refractivity contribution < 1.29 is 14.4 Å². The molecule has 4 rings (SSSR count). The van der Waals surface area contributed by atoms with Gasteiger partial charge in [0.15, 0.2) is 11.6 Å². The second kappa shape index (κ2) is 8.68. The van der Waals surface area contributed by atoms with Gasteiger partial charge in [0.1, 0.15) is 11.4 Å². The van der Waals surface area contributed by atoms with Crippen LogP contribution in [0, 0.1) is 20.8 Å². The molecule has 1 aromatic carbocycles. The SMILES string of the molecule is COc1ccc(C)c(-c2noc(-c3cnn(CCC(C)(C)O)c3C)c2C2=NC=C=C=N2)c1C. The van der Waals surface area contributed by atoms with Gasteiger partial charge in [0.2, 0.25) is 0 Å². The van der Waals surface area contributed by atoms with Crippen LogP contribution >= 0.6 is 0 Å². The van der Waals surface area contributed by atoms with Crippen LogP contribution in [0.2, 0.25) is 0 Å². The molecule has 8 heteroatoms. The van der Waals surface area contributed by atoms with Gasteiger partial charge in [-0.2, -0.15) is 10.1 Å².